The van der Waals surface area contributed by atoms with Crippen LogP contribution >= 0.6 is 0 Å². The molecule has 0 aliphatic heterocycles. The predicted octanol–water partition coefficient (Wildman–Crippen LogP) is 5.49. The SMILES string of the molecule is Cc1cccc(C(=O)N/N=C\c2cccc(OCc3cccc4ccccc34)c2)c1. The summed E-state index contributed by atoms with van der Waals surface area (Å²) >= 11 is 0. The second-order valence-electron chi connectivity index (χ2n) is 7.07. The molecule has 0 saturated carbocycles. The smallest absolute Gasteiger partial charge is 0.271 e. The van der Waals surface area contributed by atoms with Crippen LogP contribution in [0.4, 0.5) is 0 Å². The van der Waals surface area contributed by atoms with Gasteiger partial charge in [0.2, 0.25) is 0 Å². The molecule has 4 rings (SSSR count). The molecule has 0 unspecified atom stereocenters. The lowest BCUT2D eigenvalue weighted by molar-refractivity contribution is 0.0955. The fourth-order valence-corrected chi connectivity index (χ4v) is 3.28. The molecule has 0 aromatic heterocycles. The van der Waals surface area contributed by atoms with Crippen molar-refractivity contribution in [2.75, 3.05) is 0 Å². The van der Waals surface area contributed by atoms with Crippen LogP contribution in [0.5, 0.6) is 5.75 Å². The molecule has 1 N–H and O–H groups in total. The van der Waals surface area contributed by atoms with E-state index in [1.54, 1.807) is 12.3 Å². The van der Waals surface area contributed by atoms with Crippen molar-refractivity contribution >= 4 is 22.9 Å². The highest BCUT2D eigenvalue weighted by atomic mass is 16.5. The molecule has 30 heavy (non-hydrogen) atoms. The summed E-state index contributed by atoms with van der Waals surface area (Å²) in [7, 11) is 0. The fraction of sp³-hybridized carbons (Fsp3) is 0.0769. The van der Waals surface area contributed by atoms with Crippen LogP contribution in [-0.4, -0.2) is 12.1 Å². The van der Waals surface area contributed by atoms with Gasteiger partial charge in [-0.2, -0.15) is 5.10 Å². The number of nitrogens with one attached hydrogen (secondary N) is 1. The lowest BCUT2D eigenvalue weighted by atomic mass is 10.1. The van der Waals surface area contributed by atoms with Gasteiger partial charge in [0.25, 0.3) is 5.91 Å². The molecule has 0 saturated heterocycles. The van der Waals surface area contributed by atoms with E-state index in [1.807, 2.05) is 67.6 Å². The maximum atomic E-state index is 12.2. The summed E-state index contributed by atoms with van der Waals surface area (Å²) in [6, 6.07) is 29.5. The van der Waals surface area contributed by atoms with E-state index >= 15 is 0 Å². The van der Waals surface area contributed by atoms with Crippen LogP contribution in [-0.2, 0) is 6.61 Å². The molecule has 4 aromatic rings. The van der Waals surface area contributed by atoms with Crippen molar-refractivity contribution in [3.05, 3.63) is 113 Å². The second-order valence-corrected chi connectivity index (χ2v) is 7.07. The zero-order chi connectivity index (χ0) is 20.8. The fourth-order valence-electron chi connectivity index (χ4n) is 3.28. The average molecular weight is 394 g/mol. The van der Waals surface area contributed by atoms with Crippen molar-refractivity contribution in [1.82, 2.24) is 5.43 Å². The van der Waals surface area contributed by atoms with Crippen LogP contribution in [0, 0.1) is 6.92 Å². The number of amides is 1. The van der Waals surface area contributed by atoms with Crippen molar-refractivity contribution in [2.24, 2.45) is 5.10 Å². The van der Waals surface area contributed by atoms with Crippen LogP contribution in [0.25, 0.3) is 10.8 Å². The number of hydrogen-bond acceptors (Lipinski definition) is 3. The van der Waals surface area contributed by atoms with Crippen molar-refractivity contribution in [3.8, 4) is 5.75 Å². The first-order valence-corrected chi connectivity index (χ1v) is 9.79. The lowest BCUT2D eigenvalue weighted by Gasteiger charge is -2.09. The third kappa shape index (κ3) is 4.73. The summed E-state index contributed by atoms with van der Waals surface area (Å²) in [6.07, 6.45) is 1.61. The molecule has 4 aromatic carbocycles. The Kier molecular flexibility index (Phi) is 5.85. The predicted molar refractivity (Wildman–Crippen MR) is 121 cm³/mol. The van der Waals surface area contributed by atoms with E-state index in [-0.39, 0.29) is 5.91 Å². The molecular weight excluding hydrogens is 372 g/mol. The van der Waals surface area contributed by atoms with Gasteiger partial charge in [0.15, 0.2) is 0 Å². The van der Waals surface area contributed by atoms with Crippen molar-refractivity contribution in [3.63, 3.8) is 0 Å². The third-order valence-corrected chi connectivity index (χ3v) is 4.79. The van der Waals surface area contributed by atoms with Gasteiger partial charge in [-0.3, -0.25) is 4.79 Å². The Hall–Kier alpha value is -3.92. The van der Waals surface area contributed by atoms with Crippen molar-refractivity contribution in [1.29, 1.82) is 0 Å². The van der Waals surface area contributed by atoms with Crippen molar-refractivity contribution < 1.29 is 9.53 Å². The Bertz CT molecular complexity index is 1210. The minimum atomic E-state index is -0.238. The average Bonchev–Trinajstić information content (AvgIpc) is 2.78. The Morgan fingerprint density at radius 1 is 0.933 bits per heavy atom. The second kappa shape index (κ2) is 9.05. The van der Waals surface area contributed by atoms with Gasteiger partial charge in [0, 0.05) is 5.56 Å². The molecule has 148 valence electrons. The first-order chi connectivity index (χ1) is 14.7. The molecule has 0 aliphatic carbocycles. The van der Waals surface area contributed by atoms with E-state index in [1.165, 1.54) is 10.8 Å². The Balaban J connectivity index is 1.40. The molecule has 0 spiro atoms. The number of hydrogen-bond donors (Lipinski definition) is 1. The maximum absolute atomic E-state index is 12.2. The maximum Gasteiger partial charge on any atom is 0.271 e. The molecule has 0 bridgehead atoms. The van der Waals surface area contributed by atoms with Crippen LogP contribution in [0.3, 0.4) is 0 Å². The minimum absolute atomic E-state index is 0.238. The Labute approximate surface area is 175 Å². The number of rotatable bonds is 6. The number of fused-ring (bicyclic) bond motifs is 1. The quantitative estimate of drug-likeness (QED) is 0.347. The highest BCUT2D eigenvalue weighted by Gasteiger charge is 2.04. The Morgan fingerprint density at radius 2 is 1.73 bits per heavy atom. The van der Waals surface area contributed by atoms with Gasteiger partial charge in [0.05, 0.1) is 6.21 Å². The molecule has 4 heteroatoms. The molecule has 0 heterocycles. The molecular formula is C26H22N2O2. The lowest BCUT2D eigenvalue weighted by Crippen LogP contribution is -2.17. The molecule has 0 fully saturated rings. The van der Waals surface area contributed by atoms with E-state index in [2.05, 4.69) is 34.8 Å². The van der Waals surface area contributed by atoms with E-state index in [0.717, 1.165) is 22.4 Å². The summed E-state index contributed by atoms with van der Waals surface area (Å²) in [5.41, 5.74) is 6.15. The summed E-state index contributed by atoms with van der Waals surface area (Å²) in [4.78, 5) is 12.2. The largest absolute Gasteiger partial charge is 0.489 e. The first kappa shape index (κ1) is 19.4. The first-order valence-electron chi connectivity index (χ1n) is 9.79. The monoisotopic (exact) mass is 394 g/mol. The van der Waals surface area contributed by atoms with E-state index in [0.29, 0.717) is 12.2 Å². The number of hydrazone groups is 1. The van der Waals surface area contributed by atoms with E-state index in [4.69, 9.17) is 4.74 Å². The van der Waals surface area contributed by atoms with Gasteiger partial charge in [-0.05, 0) is 53.1 Å². The van der Waals surface area contributed by atoms with Crippen molar-refractivity contribution in [2.45, 2.75) is 13.5 Å². The number of ether oxygens (including phenoxy) is 1. The summed E-state index contributed by atoms with van der Waals surface area (Å²) in [5, 5.41) is 6.46. The molecule has 4 nitrogen and oxygen atoms in total. The normalized spacial score (nSPS) is 11.0. The topological polar surface area (TPSA) is 50.7 Å². The molecule has 0 aliphatic rings. The summed E-state index contributed by atoms with van der Waals surface area (Å²) in [6.45, 7) is 2.43. The van der Waals surface area contributed by atoms with Crippen LogP contribution < -0.4 is 10.2 Å². The number of aryl methyl sites for hydroxylation is 1. The number of carbonyl (C=O) groups excluding carboxylic acids is 1. The van der Waals surface area contributed by atoms with Gasteiger partial charge in [0.1, 0.15) is 12.4 Å². The van der Waals surface area contributed by atoms with Gasteiger partial charge >= 0.3 is 0 Å². The zero-order valence-corrected chi connectivity index (χ0v) is 16.7. The van der Waals surface area contributed by atoms with Gasteiger partial charge < -0.3 is 4.74 Å². The Morgan fingerprint density at radius 3 is 2.63 bits per heavy atom. The number of carbonyl (C=O) groups is 1. The van der Waals surface area contributed by atoms with Gasteiger partial charge in [-0.1, -0.05) is 72.3 Å². The van der Waals surface area contributed by atoms with Gasteiger partial charge in [-0.25, -0.2) is 5.43 Å². The molecule has 0 atom stereocenters. The standard InChI is InChI=1S/C26H22N2O2/c1-19-7-4-11-22(15-19)26(29)28-27-17-20-8-5-13-24(16-20)30-18-23-12-6-10-21-9-2-3-14-25(21)23/h2-17H,18H2,1H3,(H,28,29)/b27-17-. The molecule has 1 amide bonds. The van der Waals surface area contributed by atoms with E-state index in [9.17, 15) is 4.79 Å². The highest BCUT2D eigenvalue weighted by molar-refractivity contribution is 5.95. The van der Waals surface area contributed by atoms with Crippen LogP contribution in [0.2, 0.25) is 0 Å². The van der Waals surface area contributed by atoms with Crippen LogP contribution in [0.15, 0.2) is 96.1 Å². The van der Waals surface area contributed by atoms with Crippen LogP contribution in [0.1, 0.15) is 27.0 Å². The van der Waals surface area contributed by atoms with E-state index < -0.39 is 0 Å². The molecule has 0 radical (unpaired) electrons. The third-order valence-electron chi connectivity index (χ3n) is 4.79. The number of benzene rings is 4. The highest BCUT2D eigenvalue weighted by Crippen LogP contribution is 2.21. The summed E-state index contributed by atoms with van der Waals surface area (Å²) in [5.74, 6) is 0.509. The van der Waals surface area contributed by atoms with Gasteiger partial charge in [-0.15, -0.1) is 0 Å². The minimum Gasteiger partial charge on any atom is -0.489 e. The zero-order valence-electron chi connectivity index (χ0n) is 16.7. The number of nitrogens with zero attached hydrogens (tertiary/aromatic N) is 1. The summed E-state index contributed by atoms with van der Waals surface area (Å²) < 4.78 is 6.00.